The Hall–Kier alpha value is -0.610. The van der Waals surface area contributed by atoms with Gasteiger partial charge in [-0.25, -0.2) is 0 Å². The van der Waals surface area contributed by atoms with Crippen LogP contribution < -0.4 is 5.32 Å². The van der Waals surface area contributed by atoms with Gasteiger partial charge in [-0.2, -0.15) is 0 Å². The maximum absolute atomic E-state index is 10.6. The second-order valence-corrected chi connectivity index (χ2v) is 4.76. The Morgan fingerprint density at radius 3 is 2.22 bits per heavy atom. The largest absolute Gasteiger partial charge is 0.379 e. The molecule has 0 fully saturated rings. The average Bonchev–Trinajstić information content (AvgIpc) is 2.26. The molecule has 0 aromatic rings. The van der Waals surface area contributed by atoms with Crippen molar-refractivity contribution in [2.24, 2.45) is 0 Å². The zero-order valence-corrected chi connectivity index (χ0v) is 13.1. The van der Waals surface area contributed by atoms with Crippen molar-refractivity contribution in [3.05, 3.63) is 0 Å². The van der Waals surface area contributed by atoms with Crippen molar-refractivity contribution < 1.29 is 14.3 Å². The highest BCUT2D eigenvalue weighted by Crippen LogP contribution is 2.14. The lowest BCUT2D eigenvalue weighted by molar-refractivity contribution is -0.119. The van der Waals surface area contributed by atoms with Crippen LogP contribution in [0.2, 0.25) is 0 Å². The Morgan fingerprint density at radius 2 is 1.78 bits per heavy atom. The first-order valence-electron chi connectivity index (χ1n) is 6.83. The van der Waals surface area contributed by atoms with Gasteiger partial charge >= 0.3 is 0 Å². The van der Waals surface area contributed by atoms with Crippen LogP contribution in [0, 0.1) is 0 Å². The molecular formula is C14H31NO3. The van der Waals surface area contributed by atoms with Gasteiger partial charge < -0.3 is 14.8 Å². The monoisotopic (exact) mass is 261 g/mol. The van der Waals surface area contributed by atoms with E-state index in [0.717, 1.165) is 6.42 Å². The molecule has 0 aromatic carbocycles. The van der Waals surface area contributed by atoms with E-state index < -0.39 is 0 Å². The molecule has 0 heterocycles. The molecule has 4 heteroatoms. The zero-order valence-electron chi connectivity index (χ0n) is 13.1. The standard InChI is InChI=1S/C12H25NO3.C2H6/c1-10(2)15-8-6-12(4,5)16-9-7-13-11(3)14;1-2/h10H,6-9H2,1-5H3,(H,13,14);1-2H3. The highest BCUT2D eigenvalue weighted by Gasteiger charge is 2.18. The third kappa shape index (κ3) is 15.4. The fraction of sp³-hybridized carbons (Fsp3) is 0.929. The predicted molar refractivity (Wildman–Crippen MR) is 75.8 cm³/mol. The van der Waals surface area contributed by atoms with Crippen LogP contribution in [-0.2, 0) is 14.3 Å². The van der Waals surface area contributed by atoms with Crippen molar-refractivity contribution >= 4 is 5.91 Å². The van der Waals surface area contributed by atoms with E-state index in [1.807, 2.05) is 41.5 Å². The van der Waals surface area contributed by atoms with Gasteiger partial charge in [-0.1, -0.05) is 13.8 Å². The number of amides is 1. The smallest absolute Gasteiger partial charge is 0.216 e. The first kappa shape index (κ1) is 19.7. The van der Waals surface area contributed by atoms with Crippen molar-refractivity contribution in [3.63, 3.8) is 0 Å². The van der Waals surface area contributed by atoms with Crippen LogP contribution in [0.3, 0.4) is 0 Å². The molecule has 0 unspecified atom stereocenters. The first-order valence-corrected chi connectivity index (χ1v) is 6.83. The Balaban J connectivity index is 0. The molecular weight excluding hydrogens is 230 g/mol. The molecule has 18 heavy (non-hydrogen) atoms. The van der Waals surface area contributed by atoms with Gasteiger partial charge in [0.25, 0.3) is 0 Å². The van der Waals surface area contributed by atoms with Gasteiger partial charge in [-0.15, -0.1) is 0 Å². The summed E-state index contributed by atoms with van der Waals surface area (Å²) in [6, 6.07) is 0. The van der Waals surface area contributed by atoms with Gasteiger partial charge in [0.2, 0.25) is 5.91 Å². The molecule has 0 saturated carbocycles. The van der Waals surface area contributed by atoms with E-state index in [1.54, 1.807) is 0 Å². The van der Waals surface area contributed by atoms with E-state index in [2.05, 4.69) is 5.32 Å². The highest BCUT2D eigenvalue weighted by atomic mass is 16.5. The van der Waals surface area contributed by atoms with Crippen LogP contribution in [0.1, 0.15) is 54.9 Å². The molecule has 0 bridgehead atoms. The molecule has 1 amide bonds. The maximum Gasteiger partial charge on any atom is 0.216 e. The lowest BCUT2D eigenvalue weighted by atomic mass is 10.1. The quantitative estimate of drug-likeness (QED) is 0.683. The topological polar surface area (TPSA) is 47.6 Å². The average molecular weight is 261 g/mol. The van der Waals surface area contributed by atoms with E-state index in [-0.39, 0.29) is 17.6 Å². The molecule has 0 aliphatic carbocycles. The van der Waals surface area contributed by atoms with E-state index >= 15 is 0 Å². The van der Waals surface area contributed by atoms with Crippen molar-refractivity contribution in [1.29, 1.82) is 0 Å². The first-order chi connectivity index (χ1) is 8.33. The highest BCUT2D eigenvalue weighted by molar-refractivity contribution is 5.72. The molecule has 0 atom stereocenters. The van der Waals surface area contributed by atoms with Crippen molar-refractivity contribution in [2.75, 3.05) is 19.8 Å². The number of hydrogen-bond acceptors (Lipinski definition) is 3. The fourth-order valence-electron chi connectivity index (χ4n) is 1.17. The summed E-state index contributed by atoms with van der Waals surface area (Å²) in [5.74, 6) is -0.0236. The van der Waals surface area contributed by atoms with Crippen molar-refractivity contribution in [3.8, 4) is 0 Å². The molecule has 4 nitrogen and oxygen atoms in total. The van der Waals surface area contributed by atoms with Crippen molar-refractivity contribution in [2.45, 2.75) is 66.6 Å². The Bertz CT molecular complexity index is 203. The number of carbonyl (C=O) groups excluding carboxylic acids is 1. The van der Waals surface area contributed by atoms with Crippen molar-refractivity contribution in [1.82, 2.24) is 5.32 Å². The zero-order chi connectivity index (χ0) is 14.6. The Kier molecular flexibility index (Phi) is 12.6. The number of ether oxygens (including phenoxy) is 2. The minimum atomic E-state index is -0.201. The molecule has 0 saturated heterocycles. The Morgan fingerprint density at radius 1 is 1.22 bits per heavy atom. The summed E-state index contributed by atoms with van der Waals surface area (Å²) in [6.45, 7) is 15.4. The van der Waals surface area contributed by atoms with Gasteiger partial charge in [0, 0.05) is 20.1 Å². The molecule has 0 radical (unpaired) electrons. The van der Waals surface area contributed by atoms with Gasteiger partial charge in [-0.05, 0) is 34.1 Å². The van der Waals surface area contributed by atoms with Gasteiger partial charge in [-0.3, -0.25) is 4.79 Å². The van der Waals surface area contributed by atoms with Crippen LogP contribution >= 0.6 is 0 Å². The Labute approximate surface area is 112 Å². The summed E-state index contributed by atoms with van der Waals surface area (Å²) in [4.78, 5) is 10.6. The SMILES string of the molecule is CC.CC(=O)NCCOC(C)(C)CCOC(C)C. The van der Waals surface area contributed by atoms with Gasteiger partial charge in [0.05, 0.1) is 18.3 Å². The van der Waals surface area contributed by atoms with Crippen LogP contribution in [-0.4, -0.2) is 37.4 Å². The molecule has 0 aliphatic heterocycles. The summed E-state index contributed by atoms with van der Waals surface area (Å²) >= 11 is 0. The minimum absolute atomic E-state index is 0.0236. The molecule has 0 aromatic heterocycles. The summed E-state index contributed by atoms with van der Waals surface area (Å²) in [7, 11) is 0. The summed E-state index contributed by atoms with van der Waals surface area (Å²) in [6.07, 6.45) is 1.11. The second-order valence-electron chi connectivity index (χ2n) is 4.76. The fourth-order valence-corrected chi connectivity index (χ4v) is 1.17. The summed E-state index contributed by atoms with van der Waals surface area (Å²) in [5.41, 5.74) is -0.201. The van der Waals surface area contributed by atoms with Crippen LogP contribution in [0.4, 0.5) is 0 Å². The molecule has 1 N–H and O–H groups in total. The maximum atomic E-state index is 10.6. The molecule has 110 valence electrons. The van der Waals surface area contributed by atoms with Crippen LogP contribution in [0.25, 0.3) is 0 Å². The number of carbonyl (C=O) groups is 1. The van der Waals surface area contributed by atoms with E-state index in [4.69, 9.17) is 9.47 Å². The molecule has 0 rings (SSSR count). The minimum Gasteiger partial charge on any atom is -0.379 e. The van der Waals surface area contributed by atoms with E-state index in [0.29, 0.717) is 19.8 Å². The molecule has 0 aliphatic rings. The normalized spacial score (nSPS) is 10.9. The van der Waals surface area contributed by atoms with E-state index in [1.165, 1.54) is 6.92 Å². The number of nitrogens with one attached hydrogen (secondary N) is 1. The van der Waals surface area contributed by atoms with Crippen LogP contribution in [0.5, 0.6) is 0 Å². The summed E-state index contributed by atoms with van der Waals surface area (Å²) < 4.78 is 11.1. The lowest BCUT2D eigenvalue weighted by Gasteiger charge is -2.25. The third-order valence-corrected chi connectivity index (χ3v) is 2.12. The van der Waals surface area contributed by atoms with Crippen LogP contribution in [0.15, 0.2) is 0 Å². The van der Waals surface area contributed by atoms with Gasteiger partial charge in [0.15, 0.2) is 0 Å². The van der Waals surface area contributed by atoms with Gasteiger partial charge in [0.1, 0.15) is 0 Å². The molecule has 0 spiro atoms. The second kappa shape index (κ2) is 11.5. The van der Waals surface area contributed by atoms with E-state index in [9.17, 15) is 4.79 Å². The predicted octanol–water partition coefficient (Wildman–Crippen LogP) is 2.76. The lowest BCUT2D eigenvalue weighted by Crippen LogP contribution is -2.32. The third-order valence-electron chi connectivity index (χ3n) is 2.12. The number of hydrogen-bond donors (Lipinski definition) is 1. The summed E-state index contributed by atoms with van der Waals surface area (Å²) in [5, 5.41) is 2.70. The number of rotatable bonds is 8.